The summed E-state index contributed by atoms with van der Waals surface area (Å²) in [4.78, 5) is 10.4. The van der Waals surface area contributed by atoms with Crippen molar-refractivity contribution in [1.29, 1.82) is 0 Å². The second kappa shape index (κ2) is 4.45. The molecule has 0 saturated carbocycles. The third-order valence-corrected chi connectivity index (χ3v) is 2.86. The van der Waals surface area contributed by atoms with Crippen molar-refractivity contribution in [1.82, 2.24) is 24.7 Å². The lowest BCUT2D eigenvalue weighted by atomic mass is 10.4. The van der Waals surface area contributed by atoms with Gasteiger partial charge in [0.2, 0.25) is 11.0 Å². The van der Waals surface area contributed by atoms with Gasteiger partial charge in [0.25, 0.3) is 0 Å². The van der Waals surface area contributed by atoms with Crippen molar-refractivity contribution in [3.63, 3.8) is 0 Å². The Kier molecular flexibility index (Phi) is 3.00. The van der Waals surface area contributed by atoms with Crippen LogP contribution in [0.25, 0.3) is 11.5 Å². The lowest BCUT2D eigenvalue weighted by molar-refractivity contribution is -0.133. The molecule has 0 amide bonds. The minimum atomic E-state index is -0.933. The van der Waals surface area contributed by atoms with Crippen LogP contribution in [0.3, 0.4) is 0 Å². The number of carboxylic acid groups (broad SMARTS) is 1. The van der Waals surface area contributed by atoms with Gasteiger partial charge in [-0.3, -0.25) is 9.48 Å². The molecule has 3 N–H and O–H groups in total. The van der Waals surface area contributed by atoms with E-state index in [0.717, 1.165) is 11.8 Å². The van der Waals surface area contributed by atoms with Crippen LogP contribution in [-0.2, 0) is 11.8 Å². The van der Waals surface area contributed by atoms with E-state index < -0.39 is 5.97 Å². The number of nitrogens with zero attached hydrogens (tertiary/aromatic N) is 5. The first-order valence-electron chi connectivity index (χ1n) is 4.63. The van der Waals surface area contributed by atoms with Gasteiger partial charge in [-0.2, -0.15) is 5.10 Å². The van der Waals surface area contributed by atoms with Crippen molar-refractivity contribution >= 4 is 17.7 Å². The molecule has 2 aromatic heterocycles. The number of carbonyl (C=O) groups is 1. The second-order valence-electron chi connectivity index (χ2n) is 3.23. The largest absolute Gasteiger partial charge is 0.481 e. The number of hydrogen-bond acceptors (Lipinski definition) is 6. The monoisotopic (exact) mass is 254 g/mol. The molecule has 2 rings (SSSR count). The number of aliphatic carboxylic acids is 1. The predicted octanol–water partition coefficient (Wildman–Crippen LogP) is -0.431. The fourth-order valence-corrected chi connectivity index (χ4v) is 1.79. The van der Waals surface area contributed by atoms with Crippen LogP contribution in [0.15, 0.2) is 17.4 Å². The number of aryl methyl sites for hydroxylation is 1. The predicted molar refractivity (Wildman–Crippen MR) is 60.7 cm³/mol. The molecule has 2 aromatic rings. The summed E-state index contributed by atoms with van der Waals surface area (Å²) in [6, 6.07) is 1.75. The van der Waals surface area contributed by atoms with E-state index in [2.05, 4.69) is 15.3 Å². The van der Waals surface area contributed by atoms with Crippen LogP contribution in [0.2, 0.25) is 0 Å². The molecule has 90 valence electrons. The Labute approximate surface area is 100 Å². The fraction of sp³-hybridized carbons (Fsp3) is 0.250. The van der Waals surface area contributed by atoms with Crippen LogP contribution in [0.1, 0.15) is 0 Å². The number of rotatable bonds is 4. The van der Waals surface area contributed by atoms with E-state index in [1.165, 1.54) is 4.68 Å². The second-order valence-corrected chi connectivity index (χ2v) is 4.18. The van der Waals surface area contributed by atoms with Gasteiger partial charge in [-0.05, 0) is 6.07 Å². The van der Waals surface area contributed by atoms with Crippen molar-refractivity contribution in [3.8, 4) is 11.5 Å². The number of hydrogen-bond donors (Lipinski definition) is 2. The molecule has 2 heterocycles. The van der Waals surface area contributed by atoms with Gasteiger partial charge in [-0.25, -0.2) is 4.68 Å². The van der Waals surface area contributed by atoms with Crippen LogP contribution in [0, 0.1) is 0 Å². The molecule has 0 bridgehead atoms. The maximum Gasteiger partial charge on any atom is 0.313 e. The average molecular weight is 254 g/mol. The number of carboxylic acids is 1. The van der Waals surface area contributed by atoms with E-state index in [1.807, 2.05) is 0 Å². The molecule has 0 atom stereocenters. The lowest BCUT2D eigenvalue weighted by Gasteiger charge is -1.99. The van der Waals surface area contributed by atoms with E-state index in [1.54, 1.807) is 24.0 Å². The first kappa shape index (κ1) is 11.5. The summed E-state index contributed by atoms with van der Waals surface area (Å²) >= 11 is 1.01. The van der Waals surface area contributed by atoms with Crippen molar-refractivity contribution < 1.29 is 9.90 Å². The summed E-state index contributed by atoms with van der Waals surface area (Å²) in [5.74, 6) is 5.11. The Morgan fingerprint density at radius 1 is 1.59 bits per heavy atom. The molecule has 0 spiro atoms. The highest BCUT2D eigenvalue weighted by Gasteiger charge is 2.14. The Morgan fingerprint density at radius 2 is 2.35 bits per heavy atom. The maximum absolute atomic E-state index is 10.4. The molecule has 9 heteroatoms. The molecule has 0 radical (unpaired) electrons. The van der Waals surface area contributed by atoms with Gasteiger partial charge in [-0.15, -0.1) is 10.2 Å². The zero-order valence-electron chi connectivity index (χ0n) is 8.94. The molecular weight excluding hydrogens is 244 g/mol. The normalized spacial score (nSPS) is 10.6. The molecule has 0 aliphatic rings. The Hall–Kier alpha value is -2.03. The zero-order chi connectivity index (χ0) is 12.4. The molecule has 0 saturated heterocycles. The van der Waals surface area contributed by atoms with Crippen molar-refractivity contribution in [2.45, 2.75) is 5.16 Å². The molecule has 0 aliphatic heterocycles. The third kappa shape index (κ3) is 2.38. The van der Waals surface area contributed by atoms with E-state index in [0.29, 0.717) is 16.7 Å². The standard InChI is InChI=1S/C8H10N6O2S/c1-13-3-2-5(12-13)7-10-11-8(14(7)9)17-4-6(15)16/h2-3H,4,9H2,1H3,(H,15,16). The van der Waals surface area contributed by atoms with Gasteiger partial charge in [0.1, 0.15) is 5.69 Å². The van der Waals surface area contributed by atoms with Crippen molar-refractivity contribution in [3.05, 3.63) is 12.3 Å². The lowest BCUT2D eigenvalue weighted by Crippen LogP contribution is -2.12. The van der Waals surface area contributed by atoms with Gasteiger partial charge >= 0.3 is 5.97 Å². The van der Waals surface area contributed by atoms with Crippen LogP contribution >= 0.6 is 11.8 Å². The molecule has 0 unspecified atom stereocenters. The molecule has 0 fully saturated rings. The summed E-state index contributed by atoms with van der Waals surface area (Å²) in [6.07, 6.45) is 1.76. The van der Waals surface area contributed by atoms with Crippen LogP contribution in [0.5, 0.6) is 0 Å². The molecule has 0 aromatic carbocycles. The quantitative estimate of drug-likeness (QED) is 0.562. The highest BCUT2D eigenvalue weighted by Crippen LogP contribution is 2.19. The van der Waals surface area contributed by atoms with Crippen LogP contribution in [0.4, 0.5) is 0 Å². The van der Waals surface area contributed by atoms with Crippen LogP contribution in [-0.4, -0.2) is 41.5 Å². The highest BCUT2D eigenvalue weighted by atomic mass is 32.2. The van der Waals surface area contributed by atoms with E-state index in [4.69, 9.17) is 10.9 Å². The fourth-order valence-electron chi connectivity index (χ4n) is 1.21. The number of nitrogens with two attached hydrogens (primary N) is 1. The van der Waals surface area contributed by atoms with E-state index >= 15 is 0 Å². The zero-order valence-corrected chi connectivity index (χ0v) is 9.76. The van der Waals surface area contributed by atoms with Gasteiger partial charge in [0.15, 0.2) is 0 Å². The average Bonchev–Trinajstić information content (AvgIpc) is 2.82. The highest BCUT2D eigenvalue weighted by molar-refractivity contribution is 7.99. The topological polar surface area (TPSA) is 112 Å². The summed E-state index contributed by atoms with van der Waals surface area (Å²) in [5, 5.41) is 20.7. The van der Waals surface area contributed by atoms with Gasteiger partial charge in [-0.1, -0.05) is 11.8 Å². The maximum atomic E-state index is 10.4. The Morgan fingerprint density at radius 3 is 2.94 bits per heavy atom. The first-order chi connectivity index (χ1) is 8.08. The Bertz CT molecular complexity index is 548. The van der Waals surface area contributed by atoms with Crippen molar-refractivity contribution in [2.75, 3.05) is 11.6 Å². The smallest absolute Gasteiger partial charge is 0.313 e. The van der Waals surface area contributed by atoms with E-state index in [9.17, 15) is 4.79 Å². The van der Waals surface area contributed by atoms with Gasteiger partial charge < -0.3 is 10.9 Å². The van der Waals surface area contributed by atoms with Gasteiger partial charge in [0.05, 0.1) is 5.75 Å². The number of nitrogen functional groups attached to an aromatic ring is 1. The molecule has 8 nitrogen and oxygen atoms in total. The molecule has 0 aliphatic carbocycles. The summed E-state index contributed by atoms with van der Waals surface area (Å²) < 4.78 is 2.85. The summed E-state index contributed by atoms with van der Waals surface area (Å²) in [6.45, 7) is 0. The van der Waals surface area contributed by atoms with Crippen molar-refractivity contribution in [2.24, 2.45) is 7.05 Å². The first-order valence-corrected chi connectivity index (χ1v) is 5.61. The number of thioether (sulfide) groups is 1. The summed E-state index contributed by atoms with van der Waals surface area (Å²) in [7, 11) is 1.78. The van der Waals surface area contributed by atoms with Crippen LogP contribution < -0.4 is 5.84 Å². The summed E-state index contributed by atoms with van der Waals surface area (Å²) in [5.41, 5.74) is 0.588. The minimum Gasteiger partial charge on any atom is -0.481 e. The molecule has 17 heavy (non-hydrogen) atoms. The SMILES string of the molecule is Cn1ccc(-c2nnc(SCC(=O)O)n2N)n1. The Balaban J connectivity index is 2.23. The minimum absolute atomic E-state index is 0.114. The van der Waals surface area contributed by atoms with E-state index in [-0.39, 0.29) is 5.75 Å². The van der Waals surface area contributed by atoms with Gasteiger partial charge in [0, 0.05) is 13.2 Å². The number of aromatic nitrogens is 5. The third-order valence-electron chi connectivity index (χ3n) is 1.93. The molecular formula is C8H10N6O2S.